The average molecular weight is 203 g/mol. The van der Waals surface area contributed by atoms with E-state index in [-0.39, 0.29) is 11.6 Å². The highest BCUT2D eigenvalue weighted by Crippen LogP contribution is 2.24. The van der Waals surface area contributed by atoms with E-state index < -0.39 is 5.92 Å². The summed E-state index contributed by atoms with van der Waals surface area (Å²) in [4.78, 5) is 27.4. The molecule has 0 saturated heterocycles. The van der Waals surface area contributed by atoms with Crippen molar-refractivity contribution in [3.63, 3.8) is 0 Å². The lowest BCUT2D eigenvalue weighted by atomic mass is 9.98. The fraction of sp³-hybridized carbons (Fsp3) is 0.417. The largest absolute Gasteiger partial charge is 0.299 e. The monoisotopic (exact) mass is 203 g/mol. The molecule has 78 valence electrons. The van der Waals surface area contributed by atoms with Gasteiger partial charge in [0.2, 0.25) is 0 Å². The molecule has 1 aromatic heterocycles. The Hall–Kier alpha value is -1.51. The number of ketones is 2. The molecule has 1 aliphatic carbocycles. The molecule has 0 N–H and O–H groups in total. The molecular formula is C12H13NO2. The van der Waals surface area contributed by atoms with Crippen LogP contribution in [0.2, 0.25) is 0 Å². The van der Waals surface area contributed by atoms with E-state index >= 15 is 0 Å². The molecule has 0 spiro atoms. The normalized spacial score (nSPS) is 20.6. The summed E-state index contributed by atoms with van der Waals surface area (Å²) >= 11 is 0. The van der Waals surface area contributed by atoms with Gasteiger partial charge in [-0.1, -0.05) is 0 Å². The number of rotatable bonds is 2. The van der Waals surface area contributed by atoms with Gasteiger partial charge in [-0.15, -0.1) is 0 Å². The summed E-state index contributed by atoms with van der Waals surface area (Å²) in [6, 6.07) is 3.58. The van der Waals surface area contributed by atoms with Crippen molar-refractivity contribution in [2.75, 3.05) is 0 Å². The Balaban J connectivity index is 2.24. The third kappa shape index (κ3) is 1.96. The molecule has 0 aromatic carbocycles. The zero-order chi connectivity index (χ0) is 10.8. The second-order valence-corrected chi connectivity index (χ2v) is 3.99. The first kappa shape index (κ1) is 10.0. The van der Waals surface area contributed by atoms with Crippen LogP contribution in [0.25, 0.3) is 0 Å². The van der Waals surface area contributed by atoms with Gasteiger partial charge in [-0.2, -0.15) is 0 Å². The number of nitrogens with zero attached hydrogens (tertiary/aromatic N) is 1. The number of hydrogen-bond donors (Lipinski definition) is 0. The van der Waals surface area contributed by atoms with E-state index in [0.717, 1.165) is 12.0 Å². The first-order chi connectivity index (χ1) is 7.18. The van der Waals surface area contributed by atoms with Crippen LogP contribution in [0.3, 0.4) is 0 Å². The Kier molecular flexibility index (Phi) is 2.62. The maximum Gasteiger partial charge on any atom is 0.191 e. The number of carbonyl (C=O) groups excluding carboxylic acids is 2. The van der Waals surface area contributed by atoms with Crippen LogP contribution in [0.15, 0.2) is 18.3 Å². The first-order valence-corrected chi connectivity index (χ1v) is 5.18. The van der Waals surface area contributed by atoms with Crippen molar-refractivity contribution in [1.29, 1.82) is 0 Å². The van der Waals surface area contributed by atoms with Crippen molar-refractivity contribution in [3.8, 4) is 0 Å². The van der Waals surface area contributed by atoms with E-state index in [9.17, 15) is 9.59 Å². The highest BCUT2D eigenvalue weighted by molar-refractivity contribution is 6.10. The Morgan fingerprint density at radius 3 is 2.93 bits per heavy atom. The van der Waals surface area contributed by atoms with Crippen LogP contribution in [-0.4, -0.2) is 16.6 Å². The quantitative estimate of drug-likeness (QED) is 0.545. The van der Waals surface area contributed by atoms with Gasteiger partial charge in [-0.25, -0.2) is 0 Å². The van der Waals surface area contributed by atoms with Crippen LogP contribution in [0.1, 0.15) is 35.3 Å². The molecule has 15 heavy (non-hydrogen) atoms. The average Bonchev–Trinajstić information content (AvgIpc) is 2.63. The Morgan fingerprint density at radius 2 is 2.33 bits per heavy atom. The van der Waals surface area contributed by atoms with Gasteiger partial charge in [0.25, 0.3) is 0 Å². The van der Waals surface area contributed by atoms with Crippen molar-refractivity contribution in [2.24, 2.45) is 5.92 Å². The second-order valence-electron chi connectivity index (χ2n) is 3.99. The minimum absolute atomic E-state index is 0.0725. The standard InChI is InChI=1S/C12H13NO2/c1-8-5-6-13-10(7-8)12(15)9-3-2-4-11(9)14/h5-7,9H,2-4H2,1H3. The van der Waals surface area contributed by atoms with Gasteiger partial charge in [0.1, 0.15) is 11.5 Å². The van der Waals surface area contributed by atoms with Gasteiger partial charge in [-0.05, 0) is 37.5 Å². The van der Waals surface area contributed by atoms with E-state index in [1.54, 1.807) is 12.3 Å². The lowest BCUT2D eigenvalue weighted by Crippen LogP contribution is -2.19. The summed E-state index contributed by atoms with van der Waals surface area (Å²) in [5.74, 6) is -0.469. The molecule has 0 bridgehead atoms. The summed E-state index contributed by atoms with van der Waals surface area (Å²) in [6.07, 6.45) is 3.68. The van der Waals surface area contributed by atoms with Crippen LogP contribution in [0.4, 0.5) is 0 Å². The van der Waals surface area contributed by atoms with E-state index in [1.807, 2.05) is 13.0 Å². The molecule has 1 aromatic rings. The highest BCUT2D eigenvalue weighted by Gasteiger charge is 2.32. The number of aryl methyl sites for hydroxylation is 1. The summed E-state index contributed by atoms with van der Waals surface area (Å²) < 4.78 is 0. The topological polar surface area (TPSA) is 47.0 Å². The zero-order valence-electron chi connectivity index (χ0n) is 8.69. The molecule has 2 rings (SSSR count). The number of hydrogen-bond acceptors (Lipinski definition) is 3. The molecule has 1 atom stereocenters. The van der Waals surface area contributed by atoms with Gasteiger partial charge in [0.05, 0.1) is 5.92 Å². The number of carbonyl (C=O) groups is 2. The van der Waals surface area contributed by atoms with Crippen LogP contribution in [0, 0.1) is 12.8 Å². The van der Waals surface area contributed by atoms with Crippen molar-refractivity contribution >= 4 is 11.6 Å². The lowest BCUT2D eigenvalue weighted by Gasteiger charge is -2.06. The Bertz CT molecular complexity index is 412. The summed E-state index contributed by atoms with van der Waals surface area (Å²) in [5, 5.41) is 0. The molecule has 1 unspecified atom stereocenters. The second kappa shape index (κ2) is 3.93. The summed E-state index contributed by atoms with van der Waals surface area (Å²) in [7, 11) is 0. The zero-order valence-corrected chi connectivity index (χ0v) is 8.69. The van der Waals surface area contributed by atoms with E-state index in [1.165, 1.54) is 0 Å². The van der Waals surface area contributed by atoms with Crippen molar-refractivity contribution in [3.05, 3.63) is 29.6 Å². The van der Waals surface area contributed by atoms with Crippen molar-refractivity contribution < 1.29 is 9.59 Å². The van der Waals surface area contributed by atoms with Gasteiger partial charge in [0.15, 0.2) is 5.78 Å². The summed E-state index contributed by atoms with van der Waals surface area (Å²) in [6.45, 7) is 1.91. The summed E-state index contributed by atoms with van der Waals surface area (Å²) in [5.41, 5.74) is 1.43. The number of aromatic nitrogens is 1. The van der Waals surface area contributed by atoms with Crippen LogP contribution >= 0.6 is 0 Å². The van der Waals surface area contributed by atoms with Crippen LogP contribution < -0.4 is 0 Å². The molecule has 0 radical (unpaired) electrons. The minimum Gasteiger partial charge on any atom is -0.299 e. The van der Waals surface area contributed by atoms with Gasteiger partial charge in [0, 0.05) is 12.6 Å². The van der Waals surface area contributed by atoms with Crippen LogP contribution in [0.5, 0.6) is 0 Å². The minimum atomic E-state index is -0.431. The van der Waals surface area contributed by atoms with Crippen molar-refractivity contribution in [2.45, 2.75) is 26.2 Å². The Morgan fingerprint density at radius 1 is 1.53 bits per heavy atom. The van der Waals surface area contributed by atoms with Gasteiger partial charge >= 0.3 is 0 Å². The predicted octanol–water partition coefficient (Wildman–Crippen LogP) is 1.94. The molecule has 1 aliphatic rings. The molecule has 0 aliphatic heterocycles. The third-order valence-corrected chi connectivity index (χ3v) is 2.79. The number of Topliss-reactive ketones (excluding diaryl/α,β-unsaturated/α-hetero) is 2. The van der Waals surface area contributed by atoms with Crippen LogP contribution in [-0.2, 0) is 4.79 Å². The molecular weight excluding hydrogens is 190 g/mol. The maximum absolute atomic E-state index is 11.9. The fourth-order valence-electron chi connectivity index (χ4n) is 1.94. The highest BCUT2D eigenvalue weighted by atomic mass is 16.2. The Labute approximate surface area is 88.5 Å². The lowest BCUT2D eigenvalue weighted by molar-refractivity contribution is -0.119. The van der Waals surface area contributed by atoms with Gasteiger partial charge in [-0.3, -0.25) is 14.6 Å². The fourth-order valence-corrected chi connectivity index (χ4v) is 1.94. The first-order valence-electron chi connectivity index (χ1n) is 5.18. The maximum atomic E-state index is 11.9. The molecule has 1 heterocycles. The molecule has 3 heteroatoms. The van der Waals surface area contributed by atoms with Gasteiger partial charge < -0.3 is 0 Å². The molecule has 3 nitrogen and oxygen atoms in total. The van der Waals surface area contributed by atoms with Crippen molar-refractivity contribution in [1.82, 2.24) is 4.98 Å². The molecule has 1 fully saturated rings. The number of pyridine rings is 1. The molecule has 1 saturated carbocycles. The van der Waals surface area contributed by atoms with E-state index in [4.69, 9.17) is 0 Å². The SMILES string of the molecule is Cc1ccnc(C(=O)C2CCCC2=O)c1. The predicted molar refractivity (Wildman–Crippen MR) is 55.7 cm³/mol. The van der Waals surface area contributed by atoms with E-state index in [0.29, 0.717) is 18.5 Å². The smallest absolute Gasteiger partial charge is 0.191 e. The molecule has 0 amide bonds. The third-order valence-electron chi connectivity index (χ3n) is 2.79. The van der Waals surface area contributed by atoms with E-state index in [2.05, 4.69) is 4.98 Å².